The Labute approximate surface area is 196 Å². The standard InChI is InChI=1S/C29H45NO2/c1-2-3-4-5-6-7-8-9-10-11-12-13-14-15-16-17-23-30-29(32)28-20-18-19-25-24-26(31)21-22-27(25)28/h18-22,24,31H,2-17,23H2,1H3,(H,30,32). The van der Waals surface area contributed by atoms with Crippen molar-refractivity contribution < 1.29 is 9.90 Å². The number of carbonyl (C=O) groups is 1. The maximum Gasteiger partial charge on any atom is 0.251 e. The molecule has 0 radical (unpaired) electrons. The third kappa shape index (κ3) is 10.5. The zero-order valence-corrected chi connectivity index (χ0v) is 20.3. The number of fused-ring (bicyclic) bond motifs is 1. The van der Waals surface area contributed by atoms with E-state index in [1.165, 1.54) is 96.3 Å². The minimum atomic E-state index is -0.0257. The van der Waals surface area contributed by atoms with E-state index in [-0.39, 0.29) is 11.7 Å². The molecule has 0 aromatic heterocycles. The number of phenolic OH excluding ortho intramolecular Hbond substituents is 1. The number of hydrogen-bond acceptors (Lipinski definition) is 2. The Balaban J connectivity index is 1.42. The number of benzene rings is 2. The molecule has 0 aliphatic heterocycles. The summed E-state index contributed by atoms with van der Waals surface area (Å²) in [5, 5.41) is 14.5. The Morgan fingerprint density at radius 3 is 1.81 bits per heavy atom. The normalized spacial score (nSPS) is 11.2. The monoisotopic (exact) mass is 439 g/mol. The second-order valence-electron chi connectivity index (χ2n) is 9.27. The summed E-state index contributed by atoms with van der Waals surface area (Å²) in [7, 11) is 0. The number of rotatable bonds is 18. The van der Waals surface area contributed by atoms with Crippen LogP contribution in [-0.4, -0.2) is 17.6 Å². The molecule has 0 spiro atoms. The van der Waals surface area contributed by atoms with E-state index in [1.807, 2.05) is 24.3 Å². The molecule has 0 aliphatic carbocycles. The summed E-state index contributed by atoms with van der Waals surface area (Å²) in [5.74, 6) is 0.200. The molecular weight excluding hydrogens is 394 g/mol. The van der Waals surface area contributed by atoms with Crippen molar-refractivity contribution in [2.45, 2.75) is 110 Å². The van der Waals surface area contributed by atoms with Crippen molar-refractivity contribution in [2.75, 3.05) is 6.54 Å². The van der Waals surface area contributed by atoms with E-state index in [0.717, 1.165) is 23.7 Å². The van der Waals surface area contributed by atoms with E-state index < -0.39 is 0 Å². The summed E-state index contributed by atoms with van der Waals surface area (Å²) < 4.78 is 0. The highest BCUT2D eigenvalue weighted by Crippen LogP contribution is 2.23. The summed E-state index contributed by atoms with van der Waals surface area (Å²) in [4.78, 5) is 12.5. The van der Waals surface area contributed by atoms with Crippen LogP contribution >= 0.6 is 0 Å². The van der Waals surface area contributed by atoms with Gasteiger partial charge >= 0.3 is 0 Å². The summed E-state index contributed by atoms with van der Waals surface area (Å²) >= 11 is 0. The van der Waals surface area contributed by atoms with Gasteiger partial charge in [0.25, 0.3) is 5.91 Å². The van der Waals surface area contributed by atoms with Gasteiger partial charge in [-0.05, 0) is 41.5 Å². The molecule has 2 aromatic carbocycles. The van der Waals surface area contributed by atoms with Crippen LogP contribution in [0.1, 0.15) is 120 Å². The van der Waals surface area contributed by atoms with E-state index in [4.69, 9.17) is 0 Å². The average Bonchev–Trinajstić information content (AvgIpc) is 2.80. The van der Waals surface area contributed by atoms with Crippen molar-refractivity contribution in [1.29, 1.82) is 0 Å². The number of carbonyl (C=O) groups excluding carboxylic acids is 1. The summed E-state index contributed by atoms with van der Waals surface area (Å²) in [6.45, 7) is 3.01. The van der Waals surface area contributed by atoms with Gasteiger partial charge in [0.1, 0.15) is 5.75 Å². The fourth-order valence-electron chi connectivity index (χ4n) is 4.44. The van der Waals surface area contributed by atoms with Crippen LogP contribution in [0.2, 0.25) is 0 Å². The molecule has 0 fully saturated rings. The van der Waals surface area contributed by atoms with Crippen LogP contribution in [0.15, 0.2) is 36.4 Å². The first-order valence-corrected chi connectivity index (χ1v) is 13.2. The lowest BCUT2D eigenvalue weighted by atomic mass is 10.0. The Hall–Kier alpha value is -2.03. The third-order valence-electron chi connectivity index (χ3n) is 6.42. The molecule has 0 saturated heterocycles. The van der Waals surface area contributed by atoms with Crippen molar-refractivity contribution in [3.8, 4) is 5.75 Å². The van der Waals surface area contributed by atoms with Gasteiger partial charge in [0, 0.05) is 12.1 Å². The van der Waals surface area contributed by atoms with Gasteiger partial charge in [-0.1, -0.05) is 115 Å². The topological polar surface area (TPSA) is 49.3 Å². The second-order valence-corrected chi connectivity index (χ2v) is 9.27. The lowest BCUT2D eigenvalue weighted by Gasteiger charge is -2.08. The number of nitrogens with one attached hydrogen (secondary N) is 1. The van der Waals surface area contributed by atoms with Gasteiger partial charge in [-0.2, -0.15) is 0 Å². The summed E-state index contributed by atoms with van der Waals surface area (Å²) in [6, 6.07) is 10.8. The number of phenols is 1. The fraction of sp³-hybridized carbons (Fsp3) is 0.621. The highest BCUT2D eigenvalue weighted by atomic mass is 16.3. The minimum absolute atomic E-state index is 0.0257. The predicted molar refractivity (Wildman–Crippen MR) is 137 cm³/mol. The highest BCUT2D eigenvalue weighted by molar-refractivity contribution is 6.07. The van der Waals surface area contributed by atoms with E-state index in [0.29, 0.717) is 5.56 Å². The van der Waals surface area contributed by atoms with Gasteiger partial charge in [-0.3, -0.25) is 4.79 Å². The molecule has 0 heterocycles. The first kappa shape index (κ1) is 26.2. The lowest BCUT2D eigenvalue weighted by molar-refractivity contribution is 0.0954. The number of hydrogen-bond donors (Lipinski definition) is 2. The second kappa shape index (κ2) is 16.6. The quantitative estimate of drug-likeness (QED) is 0.229. The van der Waals surface area contributed by atoms with Crippen molar-refractivity contribution in [3.63, 3.8) is 0 Å². The Kier molecular flexibility index (Phi) is 13.6. The average molecular weight is 440 g/mol. The maximum atomic E-state index is 12.5. The molecule has 178 valence electrons. The summed E-state index contributed by atoms with van der Waals surface area (Å²) in [5.41, 5.74) is 0.680. The molecule has 2 aromatic rings. The van der Waals surface area contributed by atoms with Crippen molar-refractivity contribution >= 4 is 16.7 Å². The molecule has 0 bridgehead atoms. The van der Waals surface area contributed by atoms with E-state index >= 15 is 0 Å². The van der Waals surface area contributed by atoms with Gasteiger partial charge in [-0.25, -0.2) is 0 Å². The molecule has 2 rings (SSSR count). The Morgan fingerprint density at radius 2 is 1.25 bits per heavy atom. The molecule has 3 nitrogen and oxygen atoms in total. The zero-order valence-electron chi connectivity index (χ0n) is 20.3. The first-order valence-electron chi connectivity index (χ1n) is 13.2. The third-order valence-corrected chi connectivity index (χ3v) is 6.42. The Morgan fingerprint density at radius 1 is 0.719 bits per heavy atom. The molecule has 1 amide bonds. The number of aromatic hydroxyl groups is 1. The van der Waals surface area contributed by atoms with E-state index in [2.05, 4.69) is 12.2 Å². The molecular formula is C29H45NO2. The summed E-state index contributed by atoms with van der Waals surface area (Å²) in [6.07, 6.45) is 21.7. The number of amides is 1. The van der Waals surface area contributed by atoms with Gasteiger partial charge in [0.15, 0.2) is 0 Å². The molecule has 3 heteroatoms. The molecule has 32 heavy (non-hydrogen) atoms. The Bertz CT molecular complexity index is 771. The van der Waals surface area contributed by atoms with E-state index in [9.17, 15) is 9.90 Å². The largest absolute Gasteiger partial charge is 0.508 e. The molecule has 0 atom stereocenters. The van der Waals surface area contributed by atoms with Crippen LogP contribution in [0.4, 0.5) is 0 Å². The van der Waals surface area contributed by atoms with Gasteiger partial charge in [0.05, 0.1) is 0 Å². The molecule has 2 N–H and O–H groups in total. The first-order chi connectivity index (χ1) is 15.7. The van der Waals surface area contributed by atoms with Gasteiger partial charge < -0.3 is 10.4 Å². The number of unbranched alkanes of at least 4 members (excludes halogenated alkanes) is 15. The minimum Gasteiger partial charge on any atom is -0.508 e. The van der Waals surface area contributed by atoms with Crippen LogP contribution in [0.25, 0.3) is 10.8 Å². The van der Waals surface area contributed by atoms with Crippen LogP contribution < -0.4 is 5.32 Å². The molecule has 0 unspecified atom stereocenters. The highest BCUT2D eigenvalue weighted by Gasteiger charge is 2.09. The predicted octanol–water partition coefficient (Wildman–Crippen LogP) is 8.54. The van der Waals surface area contributed by atoms with Crippen LogP contribution in [0.5, 0.6) is 5.75 Å². The maximum absolute atomic E-state index is 12.5. The van der Waals surface area contributed by atoms with Crippen LogP contribution in [0, 0.1) is 0 Å². The van der Waals surface area contributed by atoms with Crippen LogP contribution in [-0.2, 0) is 0 Å². The van der Waals surface area contributed by atoms with Crippen molar-refractivity contribution in [1.82, 2.24) is 5.32 Å². The molecule has 0 aliphatic rings. The molecule has 0 saturated carbocycles. The van der Waals surface area contributed by atoms with Gasteiger partial charge in [0.2, 0.25) is 0 Å². The zero-order chi connectivity index (χ0) is 22.9. The SMILES string of the molecule is CCCCCCCCCCCCCCCCCCNC(=O)c1cccc2cc(O)ccc12. The van der Waals surface area contributed by atoms with Crippen molar-refractivity contribution in [2.24, 2.45) is 0 Å². The van der Waals surface area contributed by atoms with Crippen molar-refractivity contribution in [3.05, 3.63) is 42.0 Å². The fourth-order valence-corrected chi connectivity index (χ4v) is 4.44. The van der Waals surface area contributed by atoms with E-state index in [1.54, 1.807) is 12.1 Å². The smallest absolute Gasteiger partial charge is 0.251 e. The van der Waals surface area contributed by atoms with Crippen LogP contribution in [0.3, 0.4) is 0 Å². The lowest BCUT2D eigenvalue weighted by Crippen LogP contribution is -2.24. The van der Waals surface area contributed by atoms with Gasteiger partial charge in [-0.15, -0.1) is 0 Å².